The second kappa shape index (κ2) is 10.8. The number of likely N-dealkylation sites (tertiary alicyclic amines) is 3. The fourth-order valence-electron chi connectivity index (χ4n) is 5.75. The molecule has 2 amide bonds. The highest BCUT2D eigenvalue weighted by Crippen LogP contribution is 2.49. The zero-order chi connectivity index (χ0) is 24.3. The second-order valence-electron chi connectivity index (χ2n) is 11.5. The molecule has 4 rings (SSSR count). The van der Waals surface area contributed by atoms with Crippen molar-refractivity contribution in [3.8, 4) is 0 Å². The van der Waals surface area contributed by atoms with Gasteiger partial charge in [-0.05, 0) is 56.3 Å². The number of carbonyl (C=O) groups excluding carboxylic acids is 2. The SMILES string of the molecule is CC(C)CCC(=O)N1CCC2(CC1)CC(c1nnc(C(C)C)o1)N(CC(=O)N1CCCCC1)C2. The second-order valence-corrected chi connectivity index (χ2v) is 11.5. The Morgan fingerprint density at radius 3 is 2.26 bits per heavy atom. The number of hydrogen-bond acceptors (Lipinski definition) is 6. The first-order chi connectivity index (χ1) is 16.3. The molecule has 4 heterocycles. The van der Waals surface area contributed by atoms with Crippen molar-refractivity contribution in [2.75, 3.05) is 39.3 Å². The fraction of sp³-hybridized carbons (Fsp3) is 0.846. The maximum atomic E-state index is 13.1. The van der Waals surface area contributed by atoms with E-state index in [-0.39, 0.29) is 29.2 Å². The number of piperidine rings is 2. The van der Waals surface area contributed by atoms with Crippen LogP contribution in [0.5, 0.6) is 0 Å². The Bertz CT molecular complexity index is 837. The van der Waals surface area contributed by atoms with Crippen LogP contribution < -0.4 is 0 Å². The van der Waals surface area contributed by atoms with Crippen LogP contribution in [-0.2, 0) is 9.59 Å². The van der Waals surface area contributed by atoms with E-state index in [0.29, 0.717) is 30.7 Å². The van der Waals surface area contributed by atoms with Gasteiger partial charge < -0.3 is 14.2 Å². The molecule has 34 heavy (non-hydrogen) atoms. The van der Waals surface area contributed by atoms with Gasteiger partial charge in [-0.25, -0.2) is 0 Å². The van der Waals surface area contributed by atoms with E-state index in [1.165, 1.54) is 6.42 Å². The summed E-state index contributed by atoms with van der Waals surface area (Å²) >= 11 is 0. The number of aromatic nitrogens is 2. The minimum absolute atomic E-state index is 0.0306. The lowest BCUT2D eigenvalue weighted by Gasteiger charge is -2.39. The number of rotatable bonds is 7. The van der Waals surface area contributed by atoms with Gasteiger partial charge in [0.25, 0.3) is 0 Å². The number of amides is 2. The van der Waals surface area contributed by atoms with Crippen molar-refractivity contribution < 1.29 is 14.0 Å². The lowest BCUT2D eigenvalue weighted by molar-refractivity contribution is -0.133. The van der Waals surface area contributed by atoms with Crippen molar-refractivity contribution in [2.45, 2.75) is 91.0 Å². The average molecular weight is 474 g/mol. The van der Waals surface area contributed by atoms with Crippen LogP contribution in [0, 0.1) is 11.3 Å². The third kappa shape index (κ3) is 5.81. The van der Waals surface area contributed by atoms with Crippen LogP contribution in [0.1, 0.15) is 103 Å². The molecule has 1 aromatic rings. The summed E-state index contributed by atoms with van der Waals surface area (Å²) in [5.74, 6) is 2.53. The third-order valence-corrected chi connectivity index (χ3v) is 8.00. The molecule has 1 unspecified atom stereocenters. The van der Waals surface area contributed by atoms with Crippen molar-refractivity contribution in [3.05, 3.63) is 11.8 Å². The molecule has 3 saturated heterocycles. The highest BCUT2D eigenvalue weighted by molar-refractivity contribution is 5.78. The van der Waals surface area contributed by atoms with Crippen LogP contribution in [0.3, 0.4) is 0 Å². The minimum atomic E-state index is -0.0306. The Balaban J connectivity index is 1.45. The molecule has 0 aromatic carbocycles. The molecule has 0 N–H and O–H groups in total. The van der Waals surface area contributed by atoms with Crippen LogP contribution in [0.2, 0.25) is 0 Å². The maximum Gasteiger partial charge on any atom is 0.236 e. The maximum absolute atomic E-state index is 13.1. The van der Waals surface area contributed by atoms with Crippen LogP contribution in [0.4, 0.5) is 0 Å². The van der Waals surface area contributed by atoms with Gasteiger partial charge in [0.2, 0.25) is 23.6 Å². The highest BCUT2D eigenvalue weighted by atomic mass is 16.4. The van der Waals surface area contributed by atoms with Gasteiger partial charge in [0.05, 0.1) is 12.6 Å². The average Bonchev–Trinajstić information content (AvgIpc) is 3.44. The Morgan fingerprint density at radius 2 is 1.65 bits per heavy atom. The number of nitrogens with zero attached hydrogens (tertiary/aromatic N) is 5. The van der Waals surface area contributed by atoms with E-state index in [9.17, 15) is 9.59 Å². The molecule has 3 aliphatic rings. The summed E-state index contributed by atoms with van der Waals surface area (Å²) in [5, 5.41) is 8.68. The summed E-state index contributed by atoms with van der Waals surface area (Å²) in [7, 11) is 0. The van der Waals surface area contributed by atoms with Crippen LogP contribution >= 0.6 is 0 Å². The largest absolute Gasteiger partial charge is 0.423 e. The van der Waals surface area contributed by atoms with Crippen LogP contribution in [0.15, 0.2) is 4.42 Å². The monoisotopic (exact) mass is 473 g/mol. The zero-order valence-corrected chi connectivity index (χ0v) is 21.6. The van der Waals surface area contributed by atoms with E-state index < -0.39 is 0 Å². The standard InChI is InChI=1S/C26H43N5O3/c1-19(2)8-9-22(32)30-14-10-26(11-15-30)16-21(25-28-27-24(34-25)20(3)4)31(18-26)17-23(33)29-12-6-5-7-13-29/h19-21H,5-18H2,1-4H3. The molecule has 8 heteroatoms. The van der Waals surface area contributed by atoms with Crippen molar-refractivity contribution in [3.63, 3.8) is 0 Å². The molecule has 0 aliphatic carbocycles. The third-order valence-electron chi connectivity index (χ3n) is 8.00. The molecular weight excluding hydrogens is 430 g/mol. The van der Waals surface area contributed by atoms with Crippen molar-refractivity contribution in [1.82, 2.24) is 24.9 Å². The molecule has 1 atom stereocenters. The molecule has 1 spiro atoms. The van der Waals surface area contributed by atoms with Gasteiger partial charge in [-0.15, -0.1) is 10.2 Å². The van der Waals surface area contributed by atoms with E-state index in [0.717, 1.165) is 71.2 Å². The normalized spacial score (nSPS) is 23.4. The van der Waals surface area contributed by atoms with E-state index in [1.807, 2.05) is 9.80 Å². The van der Waals surface area contributed by atoms with Gasteiger partial charge in [0.15, 0.2) is 0 Å². The Labute approximate surface area is 204 Å². The summed E-state index contributed by atoms with van der Waals surface area (Å²) < 4.78 is 6.08. The first-order valence-corrected chi connectivity index (χ1v) is 13.4. The molecule has 190 valence electrons. The van der Waals surface area contributed by atoms with Gasteiger partial charge >= 0.3 is 0 Å². The Kier molecular flexibility index (Phi) is 7.95. The van der Waals surface area contributed by atoms with Gasteiger partial charge in [0.1, 0.15) is 0 Å². The Morgan fingerprint density at radius 1 is 0.971 bits per heavy atom. The molecule has 3 aliphatic heterocycles. The number of hydrogen-bond donors (Lipinski definition) is 0. The molecule has 0 radical (unpaired) electrons. The first-order valence-electron chi connectivity index (χ1n) is 13.4. The highest BCUT2D eigenvalue weighted by Gasteiger charge is 2.48. The lowest BCUT2D eigenvalue weighted by Crippen LogP contribution is -2.46. The van der Waals surface area contributed by atoms with Gasteiger partial charge in [0, 0.05) is 45.1 Å². The smallest absolute Gasteiger partial charge is 0.236 e. The number of carbonyl (C=O) groups is 2. The van der Waals surface area contributed by atoms with Crippen molar-refractivity contribution in [1.29, 1.82) is 0 Å². The molecule has 1 aromatic heterocycles. The zero-order valence-electron chi connectivity index (χ0n) is 21.6. The van der Waals surface area contributed by atoms with Crippen molar-refractivity contribution in [2.24, 2.45) is 11.3 Å². The van der Waals surface area contributed by atoms with E-state index in [4.69, 9.17) is 4.42 Å². The predicted molar refractivity (Wildman–Crippen MR) is 130 cm³/mol. The molecule has 0 saturated carbocycles. The predicted octanol–water partition coefficient (Wildman–Crippen LogP) is 4.00. The summed E-state index contributed by atoms with van der Waals surface area (Å²) in [6, 6.07) is -0.0306. The molecule has 3 fully saturated rings. The minimum Gasteiger partial charge on any atom is -0.423 e. The summed E-state index contributed by atoms with van der Waals surface area (Å²) in [6.45, 7) is 13.0. The van der Waals surface area contributed by atoms with E-state index in [1.54, 1.807) is 0 Å². The lowest BCUT2D eigenvalue weighted by atomic mass is 9.76. The van der Waals surface area contributed by atoms with Gasteiger partial charge in [-0.2, -0.15) is 0 Å². The molecule has 0 bridgehead atoms. The molecule has 8 nitrogen and oxygen atoms in total. The van der Waals surface area contributed by atoms with E-state index in [2.05, 4.69) is 42.8 Å². The summed E-state index contributed by atoms with van der Waals surface area (Å²) in [4.78, 5) is 32.2. The van der Waals surface area contributed by atoms with Gasteiger partial charge in [-0.3, -0.25) is 14.5 Å². The van der Waals surface area contributed by atoms with Gasteiger partial charge in [-0.1, -0.05) is 27.7 Å². The summed E-state index contributed by atoms with van der Waals surface area (Å²) in [5.41, 5.74) is 0.0914. The quantitative estimate of drug-likeness (QED) is 0.595. The summed E-state index contributed by atoms with van der Waals surface area (Å²) in [6.07, 6.45) is 7.85. The fourth-order valence-corrected chi connectivity index (χ4v) is 5.75. The van der Waals surface area contributed by atoms with Crippen LogP contribution in [0.25, 0.3) is 0 Å². The van der Waals surface area contributed by atoms with Crippen molar-refractivity contribution >= 4 is 11.8 Å². The Hall–Kier alpha value is -1.96. The topological polar surface area (TPSA) is 82.8 Å². The first kappa shape index (κ1) is 25.1. The van der Waals surface area contributed by atoms with E-state index >= 15 is 0 Å². The van der Waals surface area contributed by atoms with Crippen LogP contribution in [-0.4, -0.2) is 76.0 Å². The molecular formula is C26H43N5O3.